The van der Waals surface area contributed by atoms with E-state index in [0.29, 0.717) is 6.54 Å². The highest BCUT2D eigenvalue weighted by atomic mass is 16.2. The van der Waals surface area contributed by atoms with Gasteiger partial charge in [0, 0.05) is 49.4 Å². The maximum Gasteiger partial charge on any atom is 0.228 e. The normalized spacial score (nSPS) is 15.5. The van der Waals surface area contributed by atoms with Crippen molar-refractivity contribution in [3.8, 4) is 0 Å². The summed E-state index contributed by atoms with van der Waals surface area (Å²) in [4.78, 5) is 29.5. The SMILES string of the molecule is CCC(C)N(Cc1cc(NC(=O)C2CCC2)ccc1N(C)C)C(=O)C(C)(C)C. The average molecular weight is 388 g/mol. The van der Waals surface area contributed by atoms with Crippen molar-refractivity contribution < 1.29 is 9.59 Å². The van der Waals surface area contributed by atoms with Gasteiger partial charge in [0.15, 0.2) is 0 Å². The molecule has 1 aliphatic rings. The van der Waals surface area contributed by atoms with E-state index in [-0.39, 0.29) is 23.8 Å². The maximum atomic E-state index is 13.1. The van der Waals surface area contributed by atoms with E-state index in [2.05, 4.69) is 24.1 Å². The lowest BCUT2D eigenvalue weighted by Crippen LogP contribution is -2.44. The zero-order valence-electron chi connectivity index (χ0n) is 18.6. The molecule has 0 heterocycles. The summed E-state index contributed by atoms with van der Waals surface area (Å²) in [5.74, 6) is 0.408. The molecule has 0 saturated heterocycles. The Balaban J connectivity index is 2.32. The summed E-state index contributed by atoms with van der Waals surface area (Å²) in [7, 11) is 4.01. The lowest BCUT2D eigenvalue weighted by Gasteiger charge is -2.35. The van der Waals surface area contributed by atoms with Crippen LogP contribution in [0.1, 0.15) is 65.9 Å². The Morgan fingerprint density at radius 3 is 2.32 bits per heavy atom. The molecule has 1 atom stereocenters. The third-order valence-electron chi connectivity index (χ3n) is 5.67. The van der Waals surface area contributed by atoms with E-state index in [1.54, 1.807) is 0 Å². The molecule has 1 aromatic carbocycles. The predicted octanol–water partition coefficient (Wildman–Crippen LogP) is 4.66. The van der Waals surface area contributed by atoms with Gasteiger partial charge in [-0.1, -0.05) is 34.1 Å². The zero-order valence-corrected chi connectivity index (χ0v) is 18.6. The fourth-order valence-electron chi connectivity index (χ4n) is 3.40. The monoisotopic (exact) mass is 387 g/mol. The van der Waals surface area contributed by atoms with Crippen molar-refractivity contribution in [2.24, 2.45) is 11.3 Å². The van der Waals surface area contributed by atoms with Crippen LogP contribution in [0.5, 0.6) is 0 Å². The molecular formula is C23H37N3O2. The average Bonchev–Trinajstić information content (AvgIpc) is 2.55. The highest BCUT2D eigenvalue weighted by Crippen LogP contribution is 2.30. The number of hydrogen-bond donors (Lipinski definition) is 1. The van der Waals surface area contributed by atoms with Crippen molar-refractivity contribution in [2.45, 2.75) is 72.9 Å². The highest BCUT2D eigenvalue weighted by molar-refractivity contribution is 5.93. The Morgan fingerprint density at radius 2 is 1.86 bits per heavy atom. The van der Waals surface area contributed by atoms with Crippen LogP contribution in [0.3, 0.4) is 0 Å². The number of rotatable bonds is 7. The minimum atomic E-state index is -0.433. The molecular weight excluding hydrogens is 350 g/mol. The Bertz CT molecular complexity index is 702. The Morgan fingerprint density at radius 1 is 1.21 bits per heavy atom. The van der Waals surface area contributed by atoms with Gasteiger partial charge in [0.1, 0.15) is 0 Å². The summed E-state index contributed by atoms with van der Waals surface area (Å²) in [6.07, 6.45) is 4.01. The first kappa shape index (κ1) is 22.3. The number of carbonyl (C=O) groups excluding carboxylic acids is 2. The zero-order chi connectivity index (χ0) is 21.1. The van der Waals surface area contributed by atoms with Crippen LogP contribution in [0.15, 0.2) is 18.2 Å². The van der Waals surface area contributed by atoms with Gasteiger partial charge in [-0.2, -0.15) is 0 Å². The molecule has 2 rings (SSSR count). The van der Waals surface area contributed by atoms with Gasteiger partial charge in [-0.15, -0.1) is 0 Å². The second kappa shape index (κ2) is 8.97. The molecule has 0 radical (unpaired) electrons. The van der Waals surface area contributed by atoms with Gasteiger partial charge in [0.25, 0.3) is 0 Å². The van der Waals surface area contributed by atoms with Gasteiger partial charge in [-0.05, 0) is 49.9 Å². The lowest BCUT2D eigenvalue weighted by molar-refractivity contribution is -0.142. The lowest BCUT2D eigenvalue weighted by atomic mass is 9.85. The summed E-state index contributed by atoms with van der Waals surface area (Å²) < 4.78 is 0. The third kappa shape index (κ3) is 5.27. The fraction of sp³-hybridized carbons (Fsp3) is 0.652. The molecule has 1 aromatic rings. The van der Waals surface area contributed by atoms with E-state index in [0.717, 1.165) is 42.6 Å². The van der Waals surface area contributed by atoms with Crippen LogP contribution in [0.4, 0.5) is 11.4 Å². The second-order valence-electron chi connectivity index (χ2n) is 9.30. The molecule has 0 aliphatic heterocycles. The molecule has 156 valence electrons. The Labute approximate surface area is 170 Å². The molecule has 0 aromatic heterocycles. The van der Waals surface area contributed by atoms with Crippen molar-refractivity contribution in [1.29, 1.82) is 0 Å². The molecule has 1 saturated carbocycles. The number of carbonyl (C=O) groups is 2. The number of nitrogens with one attached hydrogen (secondary N) is 1. The van der Waals surface area contributed by atoms with Gasteiger partial charge in [-0.25, -0.2) is 0 Å². The Kier molecular flexibility index (Phi) is 7.13. The third-order valence-corrected chi connectivity index (χ3v) is 5.67. The minimum absolute atomic E-state index is 0.111. The molecule has 5 nitrogen and oxygen atoms in total. The summed E-state index contributed by atoms with van der Waals surface area (Å²) in [5.41, 5.74) is 2.49. The molecule has 1 unspecified atom stereocenters. The van der Waals surface area contributed by atoms with Crippen LogP contribution < -0.4 is 10.2 Å². The molecule has 28 heavy (non-hydrogen) atoms. The van der Waals surface area contributed by atoms with E-state index < -0.39 is 5.41 Å². The van der Waals surface area contributed by atoms with Crippen LogP contribution in [0, 0.1) is 11.3 Å². The Hall–Kier alpha value is -2.04. The van der Waals surface area contributed by atoms with Crippen molar-refractivity contribution >= 4 is 23.2 Å². The van der Waals surface area contributed by atoms with Crippen molar-refractivity contribution in [3.05, 3.63) is 23.8 Å². The van der Waals surface area contributed by atoms with Gasteiger partial charge < -0.3 is 15.1 Å². The first-order valence-electron chi connectivity index (χ1n) is 10.5. The molecule has 0 spiro atoms. The molecule has 2 amide bonds. The van der Waals surface area contributed by atoms with Gasteiger partial charge in [0.2, 0.25) is 11.8 Å². The molecule has 1 N–H and O–H groups in total. The first-order valence-corrected chi connectivity index (χ1v) is 10.5. The molecule has 5 heteroatoms. The van der Waals surface area contributed by atoms with Crippen LogP contribution in [-0.2, 0) is 16.1 Å². The largest absolute Gasteiger partial charge is 0.377 e. The highest BCUT2D eigenvalue weighted by Gasteiger charge is 2.30. The molecule has 1 aliphatic carbocycles. The van der Waals surface area contributed by atoms with Gasteiger partial charge in [-0.3, -0.25) is 9.59 Å². The van der Waals surface area contributed by atoms with E-state index in [4.69, 9.17) is 0 Å². The number of nitrogens with zero attached hydrogens (tertiary/aromatic N) is 2. The summed E-state index contributed by atoms with van der Waals surface area (Å²) in [6, 6.07) is 6.16. The van der Waals surface area contributed by atoms with Gasteiger partial charge >= 0.3 is 0 Å². The summed E-state index contributed by atoms with van der Waals surface area (Å²) in [5, 5.41) is 3.07. The van der Waals surface area contributed by atoms with Crippen LogP contribution in [0.25, 0.3) is 0 Å². The van der Waals surface area contributed by atoms with Gasteiger partial charge in [0.05, 0.1) is 0 Å². The van der Waals surface area contributed by atoms with E-state index in [1.165, 1.54) is 0 Å². The van der Waals surface area contributed by atoms with Crippen LogP contribution in [-0.4, -0.2) is 36.9 Å². The number of benzene rings is 1. The van der Waals surface area contributed by atoms with E-state index >= 15 is 0 Å². The number of anilines is 2. The number of hydrogen-bond acceptors (Lipinski definition) is 3. The van der Waals surface area contributed by atoms with Crippen molar-refractivity contribution in [3.63, 3.8) is 0 Å². The van der Waals surface area contributed by atoms with Crippen molar-refractivity contribution in [1.82, 2.24) is 4.90 Å². The maximum absolute atomic E-state index is 13.1. The quantitative estimate of drug-likeness (QED) is 0.740. The minimum Gasteiger partial charge on any atom is -0.377 e. The van der Waals surface area contributed by atoms with E-state index in [9.17, 15) is 9.59 Å². The number of amides is 2. The fourth-order valence-corrected chi connectivity index (χ4v) is 3.40. The van der Waals surface area contributed by atoms with Crippen LogP contribution >= 0.6 is 0 Å². The topological polar surface area (TPSA) is 52.7 Å². The van der Waals surface area contributed by atoms with E-state index in [1.807, 2.05) is 58.0 Å². The second-order valence-corrected chi connectivity index (χ2v) is 9.30. The molecule has 0 bridgehead atoms. The molecule has 1 fully saturated rings. The van der Waals surface area contributed by atoms with Crippen LogP contribution in [0.2, 0.25) is 0 Å². The summed E-state index contributed by atoms with van der Waals surface area (Å²) >= 11 is 0. The predicted molar refractivity (Wildman–Crippen MR) is 116 cm³/mol. The first-order chi connectivity index (χ1) is 13.0. The summed E-state index contributed by atoms with van der Waals surface area (Å²) in [6.45, 7) is 10.6. The smallest absolute Gasteiger partial charge is 0.228 e. The van der Waals surface area contributed by atoms with Crippen molar-refractivity contribution in [2.75, 3.05) is 24.3 Å². The standard InChI is InChI=1S/C23H37N3O2/c1-8-16(2)26(22(28)23(3,4)5)15-18-14-19(12-13-20(18)25(6)7)24-21(27)17-10-9-11-17/h12-14,16-17H,8-11,15H2,1-7H3,(H,24,27).